The predicted molar refractivity (Wildman–Crippen MR) is 63.8 cm³/mol. The van der Waals surface area contributed by atoms with E-state index in [2.05, 4.69) is 4.98 Å². The molecule has 0 aromatic carbocycles. The van der Waals surface area contributed by atoms with E-state index >= 15 is 0 Å². The van der Waals surface area contributed by atoms with Gasteiger partial charge in [-0.1, -0.05) is 23.2 Å². The maximum absolute atomic E-state index is 12.7. The van der Waals surface area contributed by atoms with Gasteiger partial charge in [-0.05, 0) is 19.1 Å². The van der Waals surface area contributed by atoms with E-state index in [0.29, 0.717) is 6.92 Å². The number of aromatic nitrogens is 1. The van der Waals surface area contributed by atoms with Crippen LogP contribution < -0.4 is 5.32 Å². The van der Waals surface area contributed by atoms with Gasteiger partial charge in [-0.15, -0.1) is 0 Å². The van der Waals surface area contributed by atoms with Crippen LogP contribution in [0.2, 0.25) is 10.2 Å². The van der Waals surface area contributed by atoms with E-state index in [4.69, 9.17) is 28.3 Å². The van der Waals surface area contributed by atoms with Gasteiger partial charge in [-0.2, -0.15) is 13.2 Å². The first kappa shape index (κ1) is 16.5. The summed E-state index contributed by atoms with van der Waals surface area (Å²) in [5.74, 6) is -3.67. The number of pyridine rings is 1. The second kappa shape index (κ2) is 5.45. The summed E-state index contributed by atoms with van der Waals surface area (Å²) in [6.45, 7) is 0.311. The molecule has 5 nitrogen and oxygen atoms in total. The van der Waals surface area contributed by atoms with Crippen LogP contribution in [0.5, 0.6) is 0 Å². The Morgan fingerprint density at radius 1 is 1.30 bits per heavy atom. The molecule has 0 aliphatic heterocycles. The van der Waals surface area contributed by atoms with Crippen LogP contribution in [0.3, 0.4) is 0 Å². The Hall–Kier alpha value is -1.54. The summed E-state index contributed by atoms with van der Waals surface area (Å²) < 4.78 is 38.2. The first-order valence-corrected chi connectivity index (χ1v) is 5.69. The quantitative estimate of drug-likeness (QED) is 0.834. The molecule has 1 aromatic heterocycles. The number of carbonyl (C=O) groups is 2. The van der Waals surface area contributed by atoms with E-state index in [1.165, 1.54) is 11.4 Å². The number of alkyl halides is 3. The average molecular weight is 331 g/mol. The molecule has 0 fully saturated rings. The van der Waals surface area contributed by atoms with Crippen molar-refractivity contribution in [3.05, 3.63) is 28.0 Å². The molecule has 2 N–H and O–H groups in total. The molecule has 110 valence electrons. The van der Waals surface area contributed by atoms with Crippen LogP contribution in [0.1, 0.15) is 17.4 Å². The van der Waals surface area contributed by atoms with Crippen molar-refractivity contribution < 1.29 is 27.9 Å². The molecule has 0 saturated carbocycles. The number of nitrogens with zero attached hydrogens (tertiary/aromatic N) is 1. The highest BCUT2D eigenvalue weighted by Crippen LogP contribution is 2.31. The van der Waals surface area contributed by atoms with E-state index in [9.17, 15) is 22.8 Å². The molecule has 20 heavy (non-hydrogen) atoms. The van der Waals surface area contributed by atoms with E-state index in [1.807, 2.05) is 0 Å². The van der Waals surface area contributed by atoms with Gasteiger partial charge in [0, 0.05) is 0 Å². The molecule has 1 rings (SSSR count). The molecule has 0 saturated heterocycles. The van der Waals surface area contributed by atoms with Crippen molar-refractivity contribution in [1.29, 1.82) is 0 Å². The minimum Gasteiger partial charge on any atom is -0.479 e. The lowest BCUT2D eigenvalue weighted by atomic mass is 10.0. The number of halogens is 5. The first-order chi connectivity index (χ1) is 8.99. The number of carbonyl (C=O) groups excluding carboxylic acids is 1. The maximum atomic E-state index is 12.7. The number of aliphatic carboxylic acids is 1. The Morgan fingerprint density at radius 2 is 1.85 bits per heavy atom. The maximum Gasteiger partial charge on any atom is 0.422 e. The lowest BCUT2D eigenvalue weighted by molar-refractivity contribution is -0.203. The normalized spacial score (nSPS) is 14.5. The number of amides is 1. The first-order valence-electron chi connectivity index (χ1n) is 4.93. The number of carboxylic acids is 1. The Balaban J connectivity index is 3.16. The summed E-state index contributed by atoms with van der Waals surface area (Å²) in [4.78, 5) is 25.9. The van der Waals surface area contributed by atoms with Crippen molar-refractivity contribution in [3.63, 3.8) is 0 Å². The fraction of sp³-hybridized carbons (Fsp3) is 0.300. The van der Waals surface area contributed by atoms with Crippen LogP contribution in [0.25, 0.3) is 0 Å². The van der Waals surface area contributed by atoms with Gasteiger partial charge in [0.15, 0.2) is 0 Å². The zero-order valence-corrected chi connectivity index (χ0v) is 11.3. The van der Waals surface area contributed by atoms with Crippen LogP contribution in [0.4, 0.5) is 13.2 Å². The van der Waals surface area contributed by atoms with Crippen molar-refractivity contribution in [2.75, 3.05) is 0 Å². The standard InChI is InChI=1S/C10H7Cl2F3N2O3/c1-9(8(19)20,10(13,14)15)17-7(18)6-4(11)2-3-5(12)16-6/h2-3H,1H3,(H,17,18)(H,19,20). The molecule has 10 heteroatoms. The topological polar surface area (TPSA) is 79.3 Å². The van der Waals surface area contributed by atoms with Crippen LogP contribution in [-0.4, -0.2) is 33.7 Å². The number of rotatable bonds is 3. The molecule has 1 unspecified atom stereocenters. The highest BCUT2D eigenvalue weighted by atomic mass is 35.5. The second-order valence-corrected chi connectivity index (χ2v) is 4.64. The lowest BCUT2D eigenvalue weighted by Crippen LogP contribution is -2.62. The molecular weight excluding hydrogens is 324 g/mol. The summed E-state index contributed by atoms with van der Waals surface area (Å²) in [7, 11) is 0. The monoisotopic (exact) mass is 330 g/mol. The van der Waals surface area contributed by atoms with Gasteiger partial charge in [0.25, 0.3) is 5.91 Å². The number of carboxylic acid groups (broad SMARTS) is 1. The molecule has 0 aliphatic carbocycles. The van der Waals surface area contributed by atoms with Gasteiger partial charge in [0.2, 0.25) is 5.54 Å². The van der Waals surface area contributed by atoms with Crippen LogP contribution >= 0.6 is 23.2 Å². The van der Waals surface area contributed by atoms with Crippen LogP contribution in [0.15, 0.2) is 12.1 Å². The molecule has 0 bridgehead atoms. The minimum atomic E-state index is -5.21. The summed E-state index contributed by atoms with van der Waals surface area (Å²) >= 11 is 11.1. The minimum absolute atomic E-state index is 0.177. The smallest absolute Gasteiger partial charge is 0.422 e. The van der Waals surface area contributed by atoms with Gasteiger partial charge >= 0.3 is 12.1 Å². The Morgan fingerprint density at radius 3 is 2.30 bits per heavy atom. The molecular formula is C10H7Cl2F3N2O3. The van der Waals surface area contributed by atoms with Gasteiger partial charge in [0.05, 0.1) is 5.02 Å². The van der Waals surface area contributed by atoms with Gasteiger partial charge in [0.1, 0.15) is 10.8 Å². The van der Waals surface area contributed by atoms with Crippen LogP contribution in [0, 0.1) is 0 Å². The fourth-order valence-electron chi connectivity index (χ4n) is 1.11. The van der Waals surface area contributed by atoms with Gasteiger partial charge in [-0.3, -0.25) is 4.79 Å². The third-order valence-electron chi connectivity index (χ3n) is 2.39. The predicted octanol–water partition coefficient (Wildman–Crippen LogP) is 2.52. The molecule has 1 aromatic rings. The third kappa shape index (κ3) is 3.13. The molecule has 1 atom stereocenters. The van der Waals surface area contributed by atoms with Crippen molar-refractivity contribution in [3.8, 4) is 0 Å². The zero-order chi connectivity index (χ0) is 15.7. The molecule has 0 spiro atoms. The van der Waals surface area contributed by atoms with E-state index < -0.39 is 29.3 Å². The van der Waals surface area contributed by atoms with E-state index in [-0.39, 0.29) is 10.2 Å². The number of hydrogen-bond acceptors (Lipinski definition) is 3. The van der Waals surface area contributed by atoms with Crippen molar-refractivity contribution in [1.82, 2.24) is 10.3 Å². The highest BCUT2D eigenvalue weighted by molar-refractivity contribution is 6.34. The van der Waals surface area contributed by atoms with E-state index in [0.717, 1.165) is 6.07 Å². The van der Waals surface area contributed by atoms with Crippen molar-refractivity contribution in [2.45, 2.75) is 18.6 Å². The SMILES string of the molecule is CC(NC(=O)c1nc(Cl)ccc1Cl)(C(=O)O)C(F)(F)F. The van der Waals surface area contributed by atoms with Crippen molar-refractivity contribution in [2.24, 2.45) is 0 Å². The lowest BCUT2D eigenvalue weighted by Gasteiger charge is -2.28. The number of hydrogen-bond donors (Lipinski definition) is 2. The third-order valence-corrected chi connectivity index (χ3v) is 2.90. The summed E-state index contributed by atoms with van der Waals surface area (Å²) in [6.07, 6.45) is -5.21. The highest BCUT2D eigenvalue weighted by Gasteiger charge is 2.58. The Bertz CT molecular complexity index is 565. The fourth-order valence-corrected chi connectivity index (χ4v) is 1.45. The zero-order valence-electron chi connectivity index (χ0n) is 9.76. The summed E-state index contributed by atoms with van der Waals surface area (Å²) in [5, 5.41) is 9.58. The number of nitrogens with one attached hydrogen (secondary N) is 1. The van der Waals surface area contributed by atoms with Gasteiger partial charge in [-0.25, -0.2) is 9.78 Å². The van der Waals surface area contributed by atoms with Crippen LogP contribution in [-0.2, 0) is 4.79 Å². The molecule has 0 aliphatic rings. The molecule has 1 amide bonds. The summed E-state index contributed by atoms with van der Waals surface area (Å²) in [6, 6.07) is 2.37. The second-order valence-electron chi connectivity index (χ2n) is 3.85. The summed E-state index contributed by atoms with van der Waals surface area (Å²) in [5.41, 5.74) is -4.08. The Kier molecular flexibility index (Phi) is 4.50. The Labute approximate surface area is 120 Å². The largest absolute Gasteiger partial charge is 0.479 e. The van der Waals surface area contributed by atoms with E-state index in [1.54, 1.807) is 0 Å². The molecule has 0 radical (unpaired) electrons. The van der Waals surface area contributed by atoms with Gasteiger partial charge < -0.3 is 10.4 Å². The molecule has 1 heterocycles. The average Bonchev–Trinajstić information content (AvgIpc) is 2.30. The van der Waals surface area contributed by atoms with Crippen molar-refractivity contribution >= 4 is 35.1 Å².